The van der Waals surface area contributed by atoms with Crippen LogP contribution in [0.1, 0.15) is 17.3 Å². The molecule has 0 saturated carbocycles. The average molecular weight is 337 g/mol. The third kappa shape index (κ3) is 2.62. The van der Waals surface area contributed by atoms with Crippen molar-refractivity contribution in [2.24, 2.45) is 0 Å². The summed E-state index contributed by atoms with van der Waals surface area (Å²) in [5.41, 5.74) is 0.435. The van der Waals surface area contributed by atoms with Gasteiger partial charge in [-0.1, -0.05) is 12.1 Å². The highest BCUT2D eigenvalue weighted by Crippen LogP contribution is 2.25. The number of nitrogens with zero attached hydrogens (tertiary/aromatic N) is 2. The topological polar surface area (TPSA) is 104 Å². The summed E-state index contributed by atoms with van der Waals surface area (Å²) < 4.78 is 26.1. The maximum Gasteiger partial charge on any atom is 0.324 e. The van der Waals surface area contributed by atoms with Crippen molar-refractivity contribution in [2.75, 3.05) is 19.6 Å². The zero-order chi connectivity index (χ0) is 16.8. The molecule has 1 aromatic carbocycles. The van der Waals surface area contributed by atoms with Crippen LogP contribution in [-0.2, 0) is 14.8 Å². The molecule has 1 N–H and O–H groups in total. The minimum Gasteiger partial charge on any atom is -0.329 e. The van der Waals surface area contributed by atoms with Crippen LogP contribution in [0, 0.1) is 0 Å². The van der Waals surface area contributed by atoms with Crippen LogP contribution in [0.25, 0.3) is 0 Å². The summed E-state index contributed by atoms with van der Waals surface area (Å²) in [5, 5.41) is 2.41. The van der Waals surface area contributed by atoms with E-state index in [-0.39, 0.29) is 36.2 Å². The Kier molecular flexibility index (Phi) is 3.69. The molecule has 0 radical (unpaired) electrons. The Morgan fingerprint density at radius 2 is 1.78 bits per heavy atom. The minimum absolute atomic E-state index is 0.0470. The summed E-state index contributed by atoms with van der Waals surface area (Å²) in [6.45, 7) is 1.52. The molecule has 2 heterocycles. The number of hydrogen-bond donors (Lipinski definition) is 1. The molecule has 1 aromatic rings. The van der Waals surface area contributed by atoms with Crippen LogP contribution < -0.4 is 5.32 Å². The number of ketones is 1. The molecule has 0 bridgehead atoms. The largest absolute Gasteiger partial charge is 0.329 e. The van der Waals surface area contributed by atoms with Crippen molar-refractivity contribution in [1.82, 2.24) is 14.5 Å². The number of imide groups is 1. The van der Waals surface area contributed by atoms with Crippen LogP contribution in [-0.4, -0.2) is 61.0 Å². The fraction of sp³-hybridized carbons (Fsp3) is 0.357. The summed E-state index contributed by atoms with van der Waals surface area (Å²) in [6, 6.07) is 4.77. The van der Waals surface area contributed by atoms with Crippen LogP contribution in [0.2, 0.25) is 0 Å². The van der Waals surface area contributed by atoms with Gasteiger partial charge in [-0.2, -0.15) is 4.31 Å². The van der Waals surface area contributed by atoms with E-state index in [1.807, 2.05) is 0 Å². The third-order valence-electron chi connectivity index (χ3n) is 3.97. The van der Waals surface area contributed by atoms with Crippen LogP contribution in [0.3, 0.4) is 0 Å². The van der Waals surface area contributed by atoms with Crippen molar-refractivity contribution >= 4 is 27.7 Å². The van der Waals surface area contributed by atoms with Crippen molar-refractivity contribution in [1.29, 1.82) is 0 Å². The Morgan fingerprint density at radius 3 is 2.26 bits per heavy atom. The van der Waals surface area contributed by atoms with Gasteiger partial charge in [0.25, 0.3) is 0 Å². The second-order valence-electron chi connectivity index (χ2n) is 5.48. The maximum absolute atomic E-state index is 12.5. The van der Waals surface area contributed by atoms with Gasteiger partial charge in [0.15, 0.2) is 5.78 Å². The van der Waals surface area contributed by atoms with E-state index >= 15 is 0 Å². The van der Waals surface area contributed by atoms with E-state index in [2.05, 4.69) is 5.32 Å². The summed E-state index contributed by atoms with van der Waals surface area (Å²) in [4.78, 5) is 35.5. The average Bonchev–Trinajstić information content (AvgIpc) is 2.78. The van der Waals surface area contributed by atoms with Gasteiger partial charge in [-0.3, -0.25) is 14.5 Å². The van der Waals surface area contributed by atoms with Crippen LogP contribution in [0.4, 0.5) is 4.79 Å². The molecule has 122 valence electrons. The SMILES string of the molecule is CC(=O)c1ccc(S(=O)(=O)N2CC(N3C(=O)CNC3=O)C2)cc1. The molecular formula is C14H15N3O5S. The number of benzene rings is 1. The molecule has 0 aliphatic carbocycles. The van der Waals surface area contributed by atoms with Crippen molar-refractivity contribution in [2.45, 2.75) is 17.9 Å². The zero-order valence-corrected chi connectivity index (χ0v) is 13.2. The number of sulfonamides is 1. The van der Waals surface area contributed by atoms with Crippen LogP contribution in [0.5, 0.6) is 0 Å². The Labute approximate surface area is 133 Å². The van der Waals surface area contributed by atoms with Gasteiger partial charge >= 0.3 is 6.03 Å². The van der Waals surface area contributed by atoms with Gasteiger partial charge in [-0.05, 0) is 19.1 Å². The Bertz CT molecular complexity index is 765. The molecule has 9 heteroatoms. The van der Waals surface area contributed by atoms with E-state index in [0.717, 1.165) is 4.90 Å². The Morgan fingerprint density at radius 1 is 1.17 bits per heavy atom. The molecule has 0 spiro atoms. The van der Waals surface area contributed by atoms with E-state index < -0.39 is 22.1 Å². The van der Waals surface area contributed by atoms with E-state index in [4.69, 9.17) is 0 Å². The number of amides is 3. The predicted molar refractivity (Wildman–Crippen MR) is 79.2 cm³/mol. The lowest BCUT2D eigenvalue weighted by Crippen LogP contribution is -2.62. The normalized spacial score (nSPS) is 19.6. The monoisotopic (exact) mass is 337 g/mol. The molecule has 0 aromatic heterocycles. The number of urea groups is 1. The summed E-state index contributed by atoms with van der Waals surface area (Å²) in [7, 11) is -3.69. The summed E-state index contributed by atoms with van der Waals surface area (Å²) in [5.74, 6) is -0.487. The smallest absolute Gasteiger partial charge is 0.324 e. The van der Waals surface area contributed by atoms with Gasteiger partial charge in [0.2, 0.25) is 15.9 Å². The first-order valence-corrected chi connectivity index (χ1v) is 8.46. The molecule has 2 fully saturated rings. The lowest BCUT2D eigenvalue weighted by Gasteiger charge is -2.41. The second kappa shape index (κ2) is 5.43. The zero-order valence-electron chi connectivity index (χ0n) is 12.4. The number of rotatable bonds is 4. The highest BCUT2D eigenvalue weighted by molar-refractivity contribution is 7.89. The molecule has 23 heavy (non-hydrogen) atoms. The molecule has 2 aliphatic rings. The number of carbonyl (C=O) groups is 3. The minimum atomic E-state index is -3.69. The number of hydrogen-bond acceptors (Lipinski definition) is 5. The molecule has 3 amide bonds. The van der Waals surface area contributed by atoms with Crippen molar-refractivity contribution < 1.29 is 22.8 Å². The molecular weight excluding hydrogens is 322 g/mol. The number of carbonyl (C=O) groups excluding carboxylic acids is 3. The van der Waals surface area contributed by atoms with Crippen molar-refractivity contribution in [3.8, 4) is 0 Å². The first-order chi connectivity index (χ1) is 10.8. The quantitative estimate of drug-likeness (QED) is 0.606. The second-order valence-corrected chi connectivity index (χ2v) is 7.42. The van der Waals surface area contributed by atoms with Gasteiger partial charge in [-0.25, -0.2) is 13.2 Å². The van der Waals surface area contributed by atoms with Gasteiger partial charge in [0.1, 0.15) is 0 Å². The first-order valence-electron chi connectivity index (χ1n) is 7.02. The molecule has 0 unspecified atom stereocenters. The fourth-order valence-corrected chi connectivity index (χ4v) is 4.11. The van der Waals surface area contributed by atoms with Crippen molar-refractivity contribution in [3.05, 3.63) is 29.8 Å². The lowest BCUT2D eigenvalue weighted by molar-refractivity contribution is -0.128. The van der Waals surface area contributed by atoms with Crippen LogP contribution in [0.15, 0.2) is 29.2 Å². The molecule has 2 aliphatic heterocycles. The summed E-state index contributed by atoms with van der Waals surface area (Å²) >= 11 is 0. The predicted octanol–water partition coefficient (Wildman–Crippen LogP) is -0.186. The maximum atomic E-state index is 12.5. The number of Topliss-reactive ketones (excluding diaryl/α,β-unsaturated/α-hetero) is 1. The van der Waals surface area contributed by atoms with Gasteiger partial charge in [0.05, 0.1) is 17.5 Å². The Balaban J connectivity index is 1.72. The third-order valence-corrected chi connectivity index (χ3v) is 5.82. The highest BCUT2D eigenvalue weighted by Gasteiger charge is 2.45. The number of nitrogens with one attached hydrogen (secondary N) is 1. The standard InChI is InChI=1S/C14H15N3O5S/c1-9(18)10-2-4-12(5-3-10)23(21,22)16-7-11(8-16)17-13(19)6-15-14(17)20/h2-5,11H,6-8H2,1H3,(H,15,20). The van der Waals surface area contributed by atoms with E-state index in [1.165, 1.54) is 35.5 Å². The fourth-order valence-electron chi connectivity index (χ4n) is 2.59. The van der Waals surface area contributed by atoms with E-state index in [9.17, 15) is 22.8 Å². The van der Waals surface area contributed by atoms with Gasteiger partial charge in [-0.15, -0.1) is 0 Å². The molecule has 2 saturated heterocycles. The summed E-state index contributed by atoms with van der Waals surface area (Å²) in [6.07, 6.45) is 0. The van der Waals surface area contributed by atoms with Crippen molar-refractivity contribution in [3.63, 3.8) is 0 Å². The first kappa shape index (κ1) is 15.6. The molecule has 3 rings (SSSR count). The van der Waals surface area contributed by atoms with E-state index in [0.29, 0.717) is 5.56 Å². The van der Waals surface area contributed by atoms with Gasteiger partial charge < -0.3 is 5.32 Å². The Hall–Kier alpha value is -2.26. The lowest BCUT2D eigenvalue weighted by atomic mass is 10.1. The highest BCUT2D eigenvalue weighted by atomic mass is 32.2. The van der Waals surface area contributed by atoms with E-state index in [1.54, 1.807) is 0 Å². The molecule has 0 atom stereocenters. The molecule has 8 nitrogen and oxygen atoms in total. The van der Waals surface area contributed by atoms with Crippen LogP contribution >= 0.6 is 0 Å². The van der Waals surface area contributed by atoms with Gasteiger partial charge in [0, 0.05) is 18.7 Å².